The van der Waals surface area contributed by atoms with Crippen LogP contribution >= 0.6 is 11.8 Å². The summed E-state index contributed by atoms with van der Waals surface area (Å²) >= 11 is 2.09. The van der Waals surface area contributed by atoms with Crippen LogP contribution in [0.1, 0.15) is 39.5 Å². The fraction of sp³-hybridized carbons (Fsp3) is 1.00. The summed E-state index contributed by atoms with van der Waals surface area (Å²) in [6.07, 6.45) is 5.58. The highest BCUT2D eigenvalue weighted by molar-refractivity contribution is 7.99. The Labute approximate surface area is 105 Å². The fourth-order valence-corrected chi connectivity index (χ4v) is 4.20. The van der Waals surface area contributed by atoms with Gasteiger partial charge in [-0.25, -0.2) is 0 Å². The third kappa shape index (κ3) is 3.38. The van der Waals surface area contributed by atoms with Gasteiger partial charge in [0.25, 0.3) is 0 Å². The smallest absolute Gasteiger partial charge is 0.0166 e. The van der Waals surface area contributed by atoms with E-state index in [2.05, 4.69) is 35.8 Å². The van der Waals surface area contributed by atoms with Crippen molar-refractivity contribution in [2.75, 3.05) is 24.6 Å². The molecule has 0 saturated carbocycles. The number of nitrogens with one attached hydrogen (secondary N) is 1. The lowest BCUT2D eigenvalue weighted by molar-refractivity contribution is 0.104. The summed E-state index contributed by atoms with van der Waals surface area (Å²) in [7, 11) is 0. The second-order valence-corrected chi connectivity index (χ2v) is 6.53. The van der Waals surface area contributed by atoms with E-state index in [1.165, 1.54) is 50.3 Å². The molecule has 0 amide bonds. The summed E-state index contributed by atoms with van der Waals surface area (Å²) in [6, 6.07) is 2.38. The molecule has 0 aromatic carbocycles. The molecule has 2 heterocycles. The van der Waals surface area contributed by atoms with Crippen LogP contribution in [0.2, 0.25) is 0 Å². The Hall–Kier alpha value is 0.270. The first-order valence-corrected chi connectivity index (χ1v) is 7.99. The molecule has 16 heavy (non-hydrogen) atoms. The highest BCUT2D eigenvalue weighted by atomic mass is 32.2. The van der Waals surface area contributed by atoms with Gasteiger partial charge in [-0.2, -0.15) is 11.8 Å². The molecule has 1 N–H and O–H groups in total. The zero-order chi connectivity index (χ0) is 11.4. The lowest BCUT2D eigenvalue weighted by Crippen LogP contribution is -2.47. The molecule has 2 aliphatic rings. The number of hydrogen-bond donors (Lipinski definition) is 1. The van der Waals surface area contributed by atoms with E-state index in [4.69, 9.17) is 0 Å². The summed E-state index contributed by atoms with van der Waals surface area (Å²) in [5.74, 6) is 2.68. The molecular weight excluding hydrogens is 216 g/mol. The van der Waals surface area contributed by atoms with Crippen molar-refractivity contribution >= 4 is 11.8 Å². The minimum Gasteiger partial charge on any atom is -0.312 e. The quantitative estimate of drug-likeness (QED) is 0.814. The fourth-order valence-electron chi connectivity index (χ4n) is 3.01. The van der Waals surface area contributed by atoms with Crippen LogP contribution in [0.15, 0.2) is 0 Å². The van der Waals surface area contributed by atoms with Gasteiger partial charge < -0.3 is 5.32 Å². The molecule has 2 aliphatic heterocycles. The number of hydrogen-bond acceptors (Lipinski definition) is 3. The standard InChI is InChI=1S/C13H26N2S/c1-11-4-3-5-12(2)15(11)8-7-14-13-6-9-16-10-13/h11-14H,3-10H2,1-2H3. The molecule has 2 rings (SSSR count). The van der Waals surface area contributed by atoms with Crippen LogP contribution in [0.4, 0.5) is 0 Å². The SMILES string of the molecule is CC1CCCC(C)N1CCNC1CCSC1. The molecule has 94 valence electrons. The van der Waals surface area contributed by atoms with Crippen LogP contribution < -0.4 is 5.32 Å². The van der Waals surface area contributed by atoms with Crippen molar-refractivity contribution in [2.24, 2.45) is 0 Å². The molecule has 2 fully saturated rings. The second-order valence-electron chi connectivity index (χ2n) is 5.38. The van der Waals surface area contributed by atoms with Gasteiger partial charge in [-0.3, -0.25) is 4.90 Å². The van der Waals surface area contributed by atoms with E-state index in [1.807, 2.05) is 0 Å². The Bertz CT molecular complexity index is 194. The molecule has 0 spiro atoms. The van der Waals surface area contributed by atoms with Crippen molar-refractivity contribution in [1.29, 1.82) is 0 Å². The van der Waals surface area contributed by atoms with Gasteiger partial charge >= 0.3 is 0 Å². The first kappa shape index (κ1) is 12.7. The lowest BCUT2D eigenvalue weighted by atomic mass is 9.98. The van der Waals surface area contributed by atoms with Gasteiger partial charge in [0.05, 0.1) is 0 Å². The van der Waals surface area contributed by atoms with E-state index in [0.29, 0.717) is 0 Å². The maximum atomic E-state index is 3.71. The van der Waals surface area contributed by atoms with E-state index >= 15 is 0 Å². The van der Waals surface area contributed by atoms with E-state index in [9.17, 15) is 0 Å². The van der Waals surface area contributed by atoms with Crippen molar-refractivity contribution < 1.29 is 0 Å². The average Bonchev–Trinajstić information content (AvgIpc) is 2.75. The van der Waals surface area contributed by atoms with Gasteiger partial charge in [0.1, 0.15) is 0 Å². The maximum Gasteiger partial charge on any atom is 0.0166 e. The van der Waals surface area contributed by atoms with Gasteiger partial charge in [-0.1, -0.05) is 6.42 Å². The molecule has 0 bridgehead atoms. The number of piperidine rings is 1. The topological polar surface area (TPSA) is 15.3 Å². The van der Waals surface area contributed by atoms with Crippen LogP contribution in [0, 0.1) is 0 Å². The molecule has 3 unspecified atom stereocenters. The highest BCUT2D eigenvalue weighted by Gasteiger charge is 2.24. The normalized spacial score (nSPS) is 36.8. The first-order chi connectivity index (χ1) is 7.77. The summed E-state index contributed by atoms with van der Waals surface area (Å²) in [5, 5.41) is 3.71. The number of nitrogens with zero attached hydrogens (tertiary/aromatic N) is 1. The molecule has 3 heteroatoms. The maximum absolute atomic E-state index is 3.71. The van der Waals surface area contributed by atoms with Crippen LogP contribution in [0.5, 0.6) is 0 Å². The second kappa shape index (κ2) is 6.27. The van der Waals surface area contributed by atoms with Crippen molar-refractivity contribution in [3.05, 3.63) is 0 Å². The summed E-state index contributed by atoms with van der Waals surface area (Å²) in [6.45, 7) is 7.20. The molecule has 2 nitrogen and oxygen atoms in total. The molecule has 0 aromatic heterocycles. The predicted molar refractivity (Wildman–Crippen MR) is 73.2 cm³/mol. The van der Waals surface area contributed by atoms with Gasteiger partial charge in [0, 0.05) is 37.0 Å². The summed E-state index contributed by atoms with van der Waals surface area (Å²) < 4.78 is 0. The van der Waals surface area contributed by atoms with E-state index in [1.54, 1.807) is 0 Å². The Morgan fingerprint density at radius 3 is 2.56 bits per heavy atom. The van der Waals surface area contributed by atoms with Crippen molar-refractivity contribution in [2.45, 2.75) is 57.7 Å². The van der Waals surface area contributed by atoms with Crippen molar-refractivity contribution in [3.8, 4) is 0 Å². The summed E-state index contributed by atoms with van der Waals surface area (Å²) in [4.78, 5) is 2.69. The average molecular weight is 242 g/mol. The third-order valence-electron chi connectivity index (χ3n) is 4.11. The van der Waals surface area contributed by atoms with Gasteiger partial charge in [0.2, 0.25) is 0 Å². The zero-order valence-electron chi connectivity index (χ0n) is 10.7. The number of thioether (sulfide) groups is 1. The highest BCUT2D eigenvalue weighted by Crippen LogP contribution is 2.22. The Morgan fingerprint density at radius 2 is 1.94 bits per heavy atom. The number of likely N-dealkylation sites (tertiary alicyclic amines) is 1. The lowest BCUT2D eigenvalue weighted by Gasteiger charge is -2.39. The van der Waals surface area contributed by atoms with E-state index in [0.717, 1.165) is 18.1 Å². The molecule has 0 aliphatic carbocycles. The Morgan fingerprint density at radius 1 is 1.19 bits per heavy atom. The largest absolute Gasteiger partial charge is 0.312 e. The predicted octanol–water partition coefficient (Wildman–Crippen LogP) is 2.34. The van der Waals surface area contributed by atoms with Gasteiger partial charge in [-0.15, -0.1) is 0 Å². The van der Waals surface area contributed by atoms with Gasteiger partial charge in [0.15, 0.2) is 0 Å². The van der Waals surface area contributed by atoms with Gasteiger partial charge in [-0.05, 0) is 38.9 Å². The molecule has 3 atom stereocenters. The third-order valence-corrected chi connectivity index (χ3v) is 5.27. The van der Waals surface area contributed by atoms with E-state index in [-0.39, 0.29) is 0 Å². The summed E-state index contributed by atoms with van der Waals surface area (Å²) in [5.41, 5.74) is 0. The van der Waals surface area contributed by atoms with E-state index < -0.39 is 0 Å². The van der Waals surface area contributed by atoms with Crippen molar-refractivity contribution in [1.82, 2.24) is 10.2 Å². The molecule has 2 saturated heterocycles. The van der Waals surface area contributed by atoms with Crippen LogP contribution in [-0.4, -0.2) is 47.6 Å². The Kier molecular flexibility index (Phi) is 4.98. The Balaban J connectivity index is 1.67. The van der Waals surface area contributed by atoms with Crippen molar-refractivity contribution in [3.63, 3.8) is 0 Å². The molecule has 0 aromatic rings. The van der Waals surface area contributed by atoms with Crippen LogP contribution in [-0.2, 0) is 0 Å². The number of rotatable bonds is 4. The first-order valence-electron chi connectivity index (χ1n) is 6.84. The molecular formula is C13H26N2S. The minimum atomic E-state index is 0.792. The minimum absolute atomic E-state index is 0.792. The molecule has 0 radical (unpaired) electrons. The van der Waals surface area contributed by atoms with Crippen LogP contribution in [0.25, 0.3) is 0 Å². The zero-order valence-corrected chi connectivity index (χ0v) is 11.6. The monoisotopic (exact) mass is 242 g/mol. The van der Waals surface area contributed by atoms with Crippen LogP contribution in [0.3, 0.4) is 0 Å².